The summed E-state index contributed by atoms with van der Waals surface area (Å²) < 4.78 is 31.8. The van der Waals surface area contributed by atoms with Crippen LogP contribution in [0.3, 0.4) is 0 Å². The Morgan fingerprint density at radius 1 is 1.08 bits per heavy atom. The van der Waals surface area contributed by atoms with Gasteiger partial charge in [-0.2, -0.15) is 4.31 Å². The lowest BCUT2D eigenvalue weighted by atomic mass is 10.3. The maximum atomic E-state index is 12.6. The Balaban J connectivity index is 1.61. The second kappa shape index (κ2) is 7.12. The van der Waals surface area contributed by atoms with Crippen LogP contribution < -0.4 is 0 Å². The number of furan rings is 1. The summed E-state index contributed by atoms with van der Waals surface area (Å²) in [6, 6.07) is 8.96. The largest absolute Gasteiger partial charge is 0.433 e. The molecular formula is C15H16ClN3O5S. The van der Waals surface area contributed by atoms with Crippen molar-refractivity contribution in [3.63, 3.8) is 0 Å². The van der Waals surface area contributed by atoms with Crippen LogP contribution in [-0.2, 0) is 16.6 Å². The molecule has 2 heterocycles. The minimum absolute atomic E-state index is 0.215. The minimum atomic E-state index is -3.55. The van der Waals surface area contributed by atoms with E-state index in [4.69, 9.17) is 16.0 Å². The third-order valence-electron chi connectivity index (χ3n) is 3.99. The Hall–Kier alpha value is -1.94. The number of sulfonamides is 1. The van der Waals surface area contributed by atoms with Crippen LogP contribution in [0.2, 0.25) is 5.02 Å². The van der Waals surface area contributed by atoms with Crippen molar-refractivity contribution < 1.29 is 17.8 Å². The molecular weight excluding hydrogens is 370 g/mol. The van der Waals surface area contributed by atoms with Crippen LogP contribution >= 0.6 is 11.6 Å². The minimum Gasteiger partial charge on any atom is -0.404 e. The third-order valence-corrected chi connectivity index (χ3v) is 6.15. The van der Waals surface area contributed by atoms with Gasteiger partial charge in [-0.15, -0.1) is 0 Å². The molecule has 2 aromatic rings. The first kappa shape index (κ1) is 17.9. The number of hydrogen-bond donors (Lipinski definition) is 0. The molecule has 10 heteroatoms. The van der Waals surface area contributed by atoms with E-state index in [1.54, 1.807) is 18.2 Å². The number of piperazine rings is 1. The van der Waals surface area contributed by atoms with E-state index < -0.39 is 14.9 Å². The molecule has 0 N–H and O–H groups in total. The van der Waals surface area contributed by atoms with Crippen molar-refractivity contribution in [3.05, 3.63) is 57.3 Å². The molecule has 25 heavy (non-hydrogen) atoms. The number of halogens is 1. The summed E-state index contributed by atoms with van der Waals surface area (Å²) >= 11 is 5.80. The van der Waals surface area contributed by atoms with Crippen molar-refractivity contribution >= 4 is 27.5 Å². The highest BCUT2D eigenvalue weighted by atomic mass is 35.5. The van der Waals surface area contributed by atoms with Gasteiger partial charge in [0, 0.05) is 31.2 Å². The van der Waals surface area contributed by atoms with Crippen LogP contribution in [0.15, 0.2) is 45.7 Å². The molecule has 0 bridgehead atoms. The van der Waals surface area contributed by atoms with Gasteiger partial charge in [0.25, 0.3) is 0 Å². The summed E-state index contributed by atoms with van der Waals surface area (Å²) in [6.45, 7) is 2.12. The topological polar surface area (TPSA) is 96.9 Å². The number of nitro groups is 1. The van der Waals surface area contributed by atoms with E-state index in [-0.39, 0.29) is 10.8 Å². The van der Waals surface area contributed by atoms with E-state index in [0.29, 0.717) is 43.5 Å². The van der Waals surface area contributed by atoms with E-state index >= 15 is 0 Å². The molecule has 1 saturated heterocycles. The highest BCUT2D eigenvalue weighted by molar-refractivity contribution is 7.89. The fourth-order valence-electron chi connectivity index (χ4n) is 2.65. The Labute approximate surface area is 149 Å². The van der Waals surface area contributed by atoms with E-state index in [1.165, 1.54) is 22.5 Å². The molecule has 1 aliphatic rings. The van der Waals surface area contributed by atoms with Gasteiger partial charge in [0.1, 0.15) is 10.7 Å². The molecule has 1 aromatic heterocycles. The number of nitrogens with zero attached hydrogens (tertiary/aromatic N) is 3. The molecule has 0 amide bonds. The quantitative estimate of drug-likeness (QED) is 0.579. The van der Waals surface area contributed by atoms with E-state index in [0.717, 1.165) is 0 Å². The van der Waals surface area contributed by atoms with Crippen molar-refractivity contribution in [3.8, 4) is 0 Å². The molecule has 1 fully saturated rings. The lowest BCUT2D eigenvalue weighted by Gasteiger charge is -2.33. The van der Waals surface area contributed by atoms with Gasteiger partial charge in [-0.05, 0) is 30.3 Å². The maximum absolute atomic E-state index is 12.6. The summed E-state index contributed by atoms with van der Waals surface area (Å²) in [5, 5.41) is 11.1. The van der Waals surface area contributed by atoms with Gasteiger partial charge in [-0.25, -0.2) is 8.42 Å². The fourth-order valence-corrected chi connectivity index (χ4v) is 4.20. The Morgan fingerprint density at radius 3 is 2.28 bits per heavy atom. The smallest absolute Gasteiger partial charge is 0.404 e. The van der Waals surface area contributed by atoms with Gasteiger partial charge < -0.3 is 4.42 Å². The van der Waals surface area contributed by atoms with Crippen LogP contribution in [0.4, 0.5) is 5.88 Å². The predicted octanol–water partition coefficient (Wildman–Crippen LogP) is 2.35. The summed E-state index contributed by atoms with van der Waals surface area (Å²) in [6.07, 6.45) is 0. The standard InChI is InChI=1S/C15H16ClN3O5S/c16-12-1-4-14(5-2-12)25(22,23)18-9-7-17(8-10-18)11-13-3-6-15(24-13)19(20)21/h1-6H,7-11H2. The third kappa shape index (κ3) is 4.01. The first-order valence-electron chi connectivity index (χ1n) is 7.57. The number of benzene rings is 1. The first-order chi connectivity index (χ1) is 11.9. The molecule has 8 nitrogen and oxygen atoms in total. The van der Waals surface area contributed by atoms with E-state index in [2.05, 4.69) is 0 Å². The average molecular weight is 386 g/mol. The normalized spacial score (nSPS) is 16.8. The molecule has 3 rings (SSSR count). The van der Waals surface area contributed by atoms with Crippen molar-refractivity contribution in [1.82, 2.24) is 9.21 Å². The Morgan fingerprint density at radius 2 is 1.72 bits per heavy atom. The molecule has 0 saturated carbocycles. The lowest BCUT2D eigenvalue weighted by molar-refractivity contribution is -0.402. The van der Waals surface area contributed by atoms with Crippen LogP contribution in [-0.4, -0.2) is 48.7 Å². The molecule has 1 aromatic carbocycles. The second-order valence-electron chi connectivity index (χ2n) is 5.63. The monoisotopic (exact) mass is 385 g/mol. The highest BCUT2D eigenvalue weighted by Crippen LogP contribution is 2.21. The zero-order chi connectivity index (χ0) is 18.0. The summed E-state index contributed by atoms with van der Waals surface area (Å²) in [4.78, 5) is 12.3. The molecule has 134 valence electrons. The van der Waals surface area contributed by atoms with Crippen LogP contribution in [0.25, 0.3) is 0 Å². The lowest BCUT2D eigenvalue weighted by Crippen LogP contribution is -2.48. The van der Waals surface area contributed by atoms with Gasteiger partial charge in [-0.1, -0.05) is 11.6 Å². The summed E-state index contributed by atoms with van der Waals surface area (Å²) in [5.74, 6) is 0.194. The number of hydrogen-bond acceptors (Lipinski definition) is 6. The van der Waals surface area contributed by atoms with Crippen molar-refractivity contribution in [2.45, 2.75) is 11.4 Å². The molecule has 0 aliphatic carbocycles. The highest BCUT2D eigenvalue weighted by Gasteiger charge is 2.28. The van der Waals surface area contributed by atoms with Gasteiger partial charge in [0.2, 0.25) is 10.0 Å². The zero-order valence-corrected chi connectivity index (χ0v) is 14.7. The van der Waals surface area contributed by atoms with Gasteiger partial charge in [0.15, 0.2) is 0 Å². The van der Waals surface area contributed by atoms with Crippen LogP contribution in [0, 0.1) is 10.1 Å². The molecule has 1 aliphatic heterocycles. The van der Waals surface area contributed by atoms with Crippen molar-refractivity contribution in [2.24, 2.45) is 0 Å². The van der Waals surface area contributed by atoms with E-state index in [9.17, 15) is 18.5 Å². The average Bonchev–Trinajstić information content (AvgIpc) is 3.04. The molecule has 0 spiro atoms. The van der Waals surface area contributed by atoms with Gasteiger partial charge in [-0.3, -0.25) is 15.0 Å². The zero-order valence-electron chi connectivity index (χ0n) is 13.2. The summed E-state index contributed by atoms with van der Waals surface area (Å²) in [7, 11) is -3.55. The predicted molar refractivity (Wildman–Crippen MR) is 90.9 cm³/mol. The molecule has 0 atom stereocenters. The van der Waals surface area contributed by atoms with Gasteiger partial charge in [0.05, 0.1) is 17.5 Å². The van der Waals surface area contributed by atoms with Crippen molar-refractivity contribution in [2.75, 3.05) is 26.2 Å². The van der Waals surface area contributed by atoms with Crippen LogP contribution in [0.1, 0.15) is 5.76 Å². The SMILES string of the molecule is O=[N+]([O-])c1ccc(CN2CCN(S(=O)(=O)c3ccc(Cl)cc3)CC2)o1. The fraction of sp³-hybridized carbons (Fsp3) is 0.333. The maximum Gasteiger partial charge on any atom is 0.433 e. The number of rotatable bonds is 5. The molecule has 0 unspecified atom stereocenters. The summed E-state index contributed by atoms with van der Waals surface area (Å²) in [5.41, 5.74) is 0. The Bertz CT molecular complexity index is 858. The first-order valence-corrected chi connectivity index (χ1v) is 9.39. The second-order valence-corrected chi connectivity index (χ2v) is 8.01. The van der Waals surface area contributed by atoms with Crippen molar-refractivity contribution in [1.29, 1.82) is 0 Å². The molecule has 0 radical (unpaired) electrons. The van der Waals surface area contributed by atoms with Gasteiger partial charge >= 0.3 is 5.88 Å². The Kier molecular flexibility index (Phi) is 5.09. The van der Waals surface area contributed by atoms with E-state index in [1.807, 2.05) is 4.90 Å². The van der Waals surface area contributed by atoms with Crippen LogP contribution in [0.5, 0.6) is 0 Å².